The molecule has 1 aliphatic rings. The molecule has 0 aliphatic carbocycles. The van der Waals surface area contributed by atoms with Crippen molar-refractivity contribution in [2.75, 3.05) is 19.1 Å². The Hall–Kier alpha value is -4.13. The lowest BCUT2D eigenvalue weighted by Gasteiger charge is -2.27. The van der Waals surface area contributed by atoms with E-state index in [9.17, 15) is 19.1 Å². The summed E-state index contributed by atoms with van der Waals surface area (Å²) in [4.78, 5) is 27.5. The van der Waals surface area contributed by atoms with Crippen molar-refractivity contribution in [3.05, 3.63) is 95.3 Å². The van der Waals surface area contributed by atoms with Crippen molar-refractivity contribution in [2.45, 2.75) is 6.04 Å². The highest BCUT2D eigenvalue weighted by molar-refractivity contribution is 6.51. The summed E-state index contributed by atoms with van der Waals surface area (Å²) in [5.41, 5.74) is 1.02. The van der Waals surface area contributed by atoms with E-state index in [1.165, 1.54) is 43.4 Å². The van der Waals surface area contributed by atoms with Gasteiger partial charge in [-0.25, -0.2) is 4.39 Å². The summed E-state index contributed by atoms with van der Waals surface area (Å²) in [6, 6.07) is 17.7. The summed E-state index contributed by atoms with van der Waals surface area (Å²) >= 11 is 0. The van der Waals surface area contributed by atoms with Gasteiger partial charge in [0.25, 0.3) is 11.7 Å². The van der Waals surface area contributed by atoms with Crippen LogP contribution in [-0.4, -0.2) is 31.0 Å². The van der Waals surface area contributed by atoms with E-state index in [1.807, 2.05) is 0 Å². The predicted molar refractivity (Wildman–Crippen MR) is 117 cm³/mol. The van der Waals surface area contributed by atoms with Crippen LogP contribution in [0, 0.1) is 5.82 Å². The molecular weight excluding hydrogens is 413 g/mol. The van der Waals surface area contributed by atoms with Crippen LogP contribution in [0.2, 0.25) is 0 Å². The van der Waals surface area contributed by atoms with Gasteiger partial charge in [-0.2, -0.15) is 0 Å². The summed E-state index contributed by atoms with van der Waals surface area (Å²) in [5.74, 6) is -1.63. The number of ether oxygens (including phenoxy) is 2. The highest BCUT2D eigenvalue weighted by Gasteiger charge is 2.48. The minimum atomic E-state index is -1.02. The van der Waals surface area contributed by atoms with Gasteiger partial charge in [-0.1, -0.05) is 30.3 Å². The van der Waals surface area contributed by atoms with Gasteiger partial charge in [0.2, 0.25) is 0 Å². The summed E-state index contributed by atoms with van der Waals surface area (Å²) in [7, 11) is 2.96. The van der Waals surface area contributed by atoms with E-state index in [1.54, 1.807) is 48.5 Å². The number of Topliss-reactive ketones (excluding diaryl/α,β-unsaturated/α-hetero) is 1. The third kappa shape index (κ3) is 3.58. The van der Waals surface area contributed by atoms with Gasteiger partial charge in [0, 0.05) is 16.8 Å². The van der Waals surface area contributed by atoms with Crippen LogP contribution in [0.1, 0.15) is 17.2 Å². The quantitative estimate of drug-likeness (QED) is 0.365. The number of amides is 1. The number of halogens is 1. The molecule has 1 fully saturated rings. The predicted octanol–water partition coefficient (Wildman–Crippen LogP) is 4.47. The summed E-state index contributed by atoms with van der Waals surface area (Å²) in [6.07, 6.45) is 0. The van der Waals surface area contributed by atoms with Crippen molar-refractivity contribution < 1.29 is 28.6 Å². The standard InChI is InChI=1S/C25H20FNO5/c1-31-18-12-13-20(32-2)19(14-18)22-21(23(28)15-6-4-3-5-7-15)24(29)25(30)27(22)17-10-8-16(26)9-11-17/h3-14,22,28H,1-2H3/b23-21+. The molecule has 1 N–H and O–H groups in total. The fourth-order valence-corrected chi connectivity index (χ4v) is 3.80. The van der Waals surface area contributed by atoms with E-state index in [2.05, 4.69) is 0 Å². The average molecular weight is 433 g/mol. The largest absolute Gasteiger partial charge is 0.507 e. The number of nitrogens with zero attached hydrogens (tertiary/aromatic N) is 1. The first kappa shape index (κ1) is 21.1. The zero-order valence-electron chi connectivity index (χ0n) is 17.4. The number of anilines is 1. The number of ketones is 1. The van der Waals surface area contributed by atoms with Crippen molar-refractivity contribution in [3.8, 4) is 11.5 Å². The molecule has 0 bridgehead atoms. The molecule has 0 aromatic heterocycles. The fourth-order valence-electron chi connectivity index (χ4n) is 3.80. The number of methoxy groups -OCH3 is 2. The molecule has 7 heteroatoms. The van der Waals surface area contributed by atoms with Crippen LogP contribution in [0.4, 0.5) is 10.1 Å². The Morgan fingerprint density at radius 2 is 1.62 bits per heavy atom. The van der Waals surface area contributed by atoms with E-state index in [-0.39, 0.29) is 11.3 Å². The van der Waals surface area contributed by atoms with E-state index < -0.39 is 23.5 Å². The van der Waals surface area contributed by atoms with E-state index >= 15 is 0 Å². The van der Waals surface area contributed by atoms with Crippen molar-refractivity contribution in [1.29, 1.82) is 0 Å². The molecule has 1 aliphatic heterocycles. The van der Waals surface area contributed by atoms with Gasteiger partial charge in [-0.05, 0) is 42.5 Å². The SMILES string of the molecule is COc1ccc(OC)c(C2/C(=C(\O)c3ccccc3)C(=O)C(=O)N2c2ccc(F)cc2)c1. The molecule has 1 amide bonds. The van der Waals surface area contributed by atoms with Gasteiger partial charge >= 0.3 is 0 Å². The maximum Gasteiger partial charge on any atom is 0.300 e. The number of carbonyl (C=O) groups is 2. The number of aliphatic hydroxyl groups is 1. The summed E-state index contributed by atoms with van der Waals surface area (Å²) in [6.45, 7) is 0. The molecule has 1 saturated heterocycles. The van der Waals surface area contributed by atoms with Crippen molar-refractivity contribution in [3.63, 3.8) is 0 Å². The fraction of sp³-hybridized carbons (Fsp3) is 0.120. The molecule has 162 valence electrons. The molecule has 4 rings (SSSR count). The molecule has 32 heavy (non-hydrogen) atoms. The molecule has 0 radical (unpaired) electrons. The Morgan fingerprint density at radius 1 is 0.938 bits per heavy atom. The van der Waals surface area contributed by atoms with Crippen molar-refractivity contribution in [1.82, 2.24) is 0 Å². The maximum atomic E-state index is 13.6. The smallest absolute Gasteiger partial charge is 0.300 e. The first-order chi connectivity index (χ1) is 15.5. The van der Waals surface area contributed by atoms with Crippen LogP contribution >= 0.6 is 0 Å². The highest BCUT2D eigenvalue weighted by atomic mass is 19.1. The van der Waals surface area contributed by atoms with Crippen molar-refractivity contribution in [2.24, 2.45) is 0 Å². The third-order valence-electron chi connectivity index (χ3n) is 5.33. The first-order valence-electron chi connectivity index (χ1n) is 9.80. The lowest BCUT2D eigenvalue weighted by molar-refractivity contribution is -0.132. The van der Waals surface area contributed by atoms with Gasteiger partial charge in [0.15, 0.2) is 0 Å². The van der Waals surface area contributed by atoms with Gasteiger partial charge in [0.05, 0.1) is 25.8 Å². The average Bonchev–Trinajstić information content (AvgIpc) is 3.09. The molecular formula is C25H20FNO5. The number of rotatable bonds is 5. The maximum absolute atomic E-state index is 13.6. The zero-order valence-corrected chi connectivity index (χ0v) is 17.4. The summed E-state index contributed by atoms with van der Waals surface area (Å²) < 4.78 is 24.4. The van der Waals surface area contributed by atoms with Crippen LogP contribution in [0.25, 0.3) is 5.76 Å². The topological polar surface area (TPSA) is 76.1 Å². The molecule has 3 aromatic carbocycles. The van der Waals surface area contributed by atoms with Gasteiger partial charge in [-0.3, -0.25) is 14.5 Å². The monoisotopic (exact) mass is 433 g/mol. The van der Waals surface area contributed by atoms with Gasteiger partial charge in [0.1, 0.15) is 23.1 Å². The third-order valence-corrected chi connectivity index (χ3v) is 5.33. The normalized spacial score (nSPS) is 17.5. The molecule has 6 nitrogen and oxygen atoms in total. The minimum Gasteiger partial charge on any atom is -0.507 e. The number of hydrogen-bond acceptors (Lipinski definition) is 5. The second kappa shape index (κ2) is 8.55. The zero-order chi connectivity index (χ0) is 22.8. The molecule has 1 unspecified atom stereocenters. The Kier molecular flexibility index (Phi) is 5.64. The second-order valence-corrected chi connectivity index (χ2v) is 7.12. The number of aliphatic hydroxyl groups excluding tert-OH is 1. The molecule has 1 heterocycles. The first-order valence-corrected chi connectivity index (χ1v) is 9.80. The summed E-state index contributed by atoms with van der Waals surface area (Å²) in [5, 5.41) is 11.1. The molecule has 3 aromatic rings. The Balaban J connectivity index is 2.01. The van der Waals surface area contributed by atoms with Crippen LogP contribution in [0.3, 0.4) is 0 Å². The van der Waals surface area contributed by atoms with E-state index in [0.717, 1.165) is 0 Å². The lowest BCUT2D eigenvalue weighted by Crippen LogP contribution is -2.29. The van der Waals surface area contributed by atoms with Crippen molar-refractivity contribution >= 4 is 23.1 Å². The molecule has 0 saturated carbocycles. The number of hydrogen-bond donors (Lipinski definition) is 1. The number of benzene rings is 3. The lowest BCUT2D eigenvalue weighted by atomic mass is 9.94. The Bertz CT molecular complexity index is 1200. The van der Waals surface area contributed by atoms with E-state index in [0.29, 0.717) is 28.3 Å². The minimum absolute atomic E-state index is 0.0999. The van der Waals surface area contributed by atoms with Crippen LogP contribution in [0.15, 0.2) is 78.4 Å². The number of carbonyl (C=O) groups excluding carboxylic acids is 2. The molecule has 0 spiro atoms. The van der Waals surface area contributed by atoms with E-state index in [4.69, 9.17) is 9.47 Å². The van der Waals surface area contributed by atoms with Crippen LogP contribution in [-0.2, 0) is 9.59 Å². The molecule has 1 atom stereocenters. The van der Waals surface area contributed by atoms with Gasteiger partial charge < -0.3 is 14.6 Å². The van der Waals surface area contributed by atoms with Crippen LogP contribution < -0.4 is 14.4 Å². The van der Waals surface area contributed by atoms with Gasteiger partial charge in [-0.15, -0.1) is 0 Å². The second-order valence-electron chi connectivity index (χ2n) is 7.12. The Morgan fingerprint density at radius 3 is 2.25 bits per heavy atom. The van der Waals surface area contributed by atoms with Crippen LogP contribution in [0.5, 0.6) is 11.5 Å². The Labute approximate surface area is 184 Å². The highest BCUT2D eigenvalue weighted by Crippen LogP contribution is 2.45.